The molecule has 3 rings (SSSR count). The molecule has 1 fully saturated rings. The lowest BCUT2D eigenvalue weighted by Crippen LogP contribution is -2.47. The van der Waals surface area contributed by atoms with Crippen molar-refractivity contribution >= 4 is 41.8 Å². The van der Waals surface area contributed by atoms with Gasteiger partial charge in [-0.3, -0.25) is 4.79 Å². The first-order chi connectivity index (χ1) is 11.1. The van der Waals surface area contributed by atoms with E-state index in [1.54, 1.807) is 0 Å². The maximum absolute atomic E-state index is 12.5. The van der Waals surface area contributed by atoms with Gasteiger partial charge in [0.05, 0.1) is 23.1 Å². The second-order valence-corrected chi connectivity index (χ2v) is 6.66. The van der Waals surface area contributed by atoms with Gasteiger partial charge in [-0.25, -0.2) is 4.98 Å². The summed E-state index contributed by atoms with van der Waals surface area (Å²) in [5, 5.41) is 6.44. The fourth-order valence-electron chi connectivity index (χ4n) is 3.37. The molecular formula is C18H28Cl2N4O. The molecule has 0 aliphatic carbocycles. The van der Waals surface area contributed by atoms with Gasteiger partial charge >= 0.3 is 0 Å². The van der Waals surface area contributed by atoms with Crippen LogP contribution in [0.1, 0.15) is 57.9 Å². The van der Waals surface area contributed by atoms with Crippen molar-refractivity contribution in [3.8, 4) is 0 Å². The number of carbonyl (C=O) groups excluding carboxylic acids is 1. The third-order valence-corrected chi connectivity index (χ3v) is 4.51. The highest BCUT2D eigenvalue weighted by Gasteiger charge is 2.25. The van der Waals surface area contributed by atoms with E-state index in [1.165, 1.54) is 0 Å². The number of benzene rings is 1. The normalized spacial score (nSPS) is 18.3. The van der Waals surface area contributed by atoms with Gasteiger partial charge in [-0.05, 0) is 52.3 Å². The monoisotopic (exact) mass is 386 g/mol. The number of halogens is 2. The minimum Gasteiger partial charge on any atom is -0.345 e. The molecule has 5 nitrogen and oxygen atoms in total. The summed E-state index contributed by atoms with van der Waals surface area (Å²) in [6, 6.07) is 8.26. The van der Waals surface area contributed by atoms with Gasteiger partial charge in [0.2, 0.25) is 5.91 Å². The lowest BCUT2D eigenvalue weighted by molar-refractivity contribution is -0.124. The van der Waals surface area contributed by atoms with Crippen molar-refractivity contribution in [2.45, 2.75) is 58.2 Å². The zero-order valence-corrected chi connectivity index (χ0v) is 16.6. The molecule has 2 N–H and O–H groups in total. The number of rotatable bonds is 4. The van der Waals surface area contributed by atoms with Crippen molar-refractivity contribution in [2.24, 2.45) is 0 Å². The van der Waals surface area contributed by atoms with Gasteiger partial charge in [-0.1, -0.05) is 18.6 Å². The predicted octanol–water partition coefficient (Wildman–Crippen LogP) is 3.78. The standard InChI is InChI=1S/C18H26N4O.2ClH/c1-12(2)22-16-10-5-4-8-14(16)21-17(22)13(3)20-18(23)15-9-6-7-11-19-15;;/h4-5,8,10,12-13,15,19H,6-7,9,11H2,1-3H3,(H,20,23);2*1H/t13?,15-;;/m0../s1. The SMILES string of the molecule is CC(NC(=O)[C@@H]1CCCCN1)c1nc2ccccc2n1C(C)C.Cl.Cl. The minimum atomic E-state index is -0.110. The Labute approximate surface area is 161 Å². The van der Waals surface area contributed by atoms with Crippen LogP contribution < -0.4 is 10.6 Å². The third-order valence-electron chi connectivity index (χ3n) is 4.51. The molecule has 0 spiro atoms. The third kappa shape index (κ3) is 4.66. The number of carbonyl (C=O) groups is 1. The fourth-order valence-corrected chi connectivity index (χ4v) is 3.37. The quantitative estimate of drug-likeness (QED) is 0.840. The molecule has 1 aliphatic heterocycles. The molecule has 7 heteroatoms. The van der Waals surface area contributed by atoms with E-state index in [4.69, 9.17) is 4.98 Å². The van der Waals surface area contributed by atoms with Crippen LogP contribution in [-0.2, 0) is 4.79 Å². The average Bonchev–Trinajstić information content (AvgIpc) is 2.95. The van der Waals surface area contributed by atoms with Crippen LogP contribution in [0.15, 0.2) is 24.3 Å². The first kappa shape index (κ1) is 21.7. The molecular weight excluding hydrogens is 359 g/mol. The summed E-state index contributed by atoms with van der Waals surface area (Å²) in [5.74, 6) is 1.00. The van der Waals surface area contributed by atoms with E-state index in [0.29, 0.717) is 6.04 Å². The lowest BCUT2D eigenvalue weighted by atomic mass is 10.0. The minimum absolute atomic E-state index is 0. The Bertz CT molecular complexity index is 695. The summed E-state index contributed by atoms with van der Waals surface area (Å²) in [7, 11) is 0. The summed E-state index contributed by atoms with van der Waals surface area (Å²) in [5.41, 5.74) is 2.10. The number of imidazole rings is 1. The number of piperidine rings is 1. The van der Waals surface area contributed by atoms with Crippen LogP contribution in [0, 0.1) is 0 Å². The molecule has 2 heterocycles. The summed E-state index contributed by atoms with van der Waals surface area (Å²) in [6.07, 6.45) is 3.19. The number of fused-ring (bicyclic) bond motifs is 1. The number of para-hydroxylation sites is 2. The van der Waals surface area contributed by atoms with Gasteiger partial charge < -0.3 is 15.2 Å². The van der Waals surface area contributed by atoms with E-state index in [2.05, 4.69) is 35.1 Å². The maximum atomic E-state index is 12.5. The van der Waals surface area contributed by atoms with Crippen molar-refractivity contribution in [2.75, 3.05) is 6.54 Å². The van der Waals surface area contributed by atoms with E-state index < -0.39 is 0 Å². The highest BCUT2D eigenvalue weighted by atomic mass is 35.5. The average molecular weight is 387 g/mol. The summed E-state index contributed by atoms with van der Waals surface area (Å²) >= 11 is 0. The van der Waals surface area contributed by atoms with Crippen LogP contribution in [0.5, 0.6) is 0 Å². The first-order valence-electron chi connectivity index (χ1n) is 8.58. The van der Waals surface area contributed by atoms with Crippen molar-refractivity contribution in [3.63, 3.8) is 0 Å². The Balaban J connectivity index is 0.00000156. The number of amides is 1. The van der Waals surface area contributed by atoms with Gasteiger partial charge in [0.15, 0.2) is 0 Å². The Morgan fingerprint density at radius 3 is 2.60 bits per heavy atom. The Morgan fingerprint density at radius 2 is 1.96 bits per heavy atom. The van der Waals surface area contributed by atoms with Crippen LogP contribution in [0.4, 0.5) is 0 Å². The number of hydrogen-bond acceptors (Lipinski definition) is 3. The number of aromatic nitrogens is 2. The molecule has 1 saturated heterocycles. The molecule has 0 bridgehead atoms. The van der Waals surface area contributed by atoms with Gasteiger partial charge in [-0.15, -0.1) is 24.8 Å². The van der Waals surface area contributed by atoms with E-state index in [1.807, 2.05) is 25.1 Å². The number of hydrogen-bond donors (Lipinski definition) is 2. The lowest BCUT2D eigenvalue weighted by Gasteiger charge is -2.25. The molecule has 140 valence electrons. The van der Waals surface area contributed by atoms with Gasteiger partial charge in [0.25, 0.3) is 0 Å². The molecule has 0 saturated carbocycles. The van der Waals surface area contributed by atoms with Crippen molar-refractivity contribution in [1.82, 2.24) is 20.2 Å². The highest BCUT2D eigenvalue weighted by molar-refractivity contribution is 5.85. The van der Waals surface area contributed by atoms with Crippen molar-refractivity contribution in [3.05, 3.63) is 30.1 Å². The molecule has 1 aromatic heterocycles. The summed E-state index contributed by atoms with van der Waals surface area (Å²) in [6.45, 7) is 7.24. The molecule has 2 atom stereocenters. The maximum Gasteiger partial charge on any atom is 0.237 e. The van der Waals surface area contributed by atoms with E-state index in [-0.39, 0.29) is 42.8 Å². The molecule has 0 radical (unpaired) electrons. The Morgan fingerprint density at radius 1 is 1.24 bits per heavy atom. The van der Waals surface area contributed by atoms with Crippen molar-refractivity contribution < 1.29 is 4.79 Å². The summed E-state index contributed by atoms with van der Waals surface area (Å²) in [4.78, 5) is 17.2. The largest absolute Gasteiger partial charge is 0.345 e. The van der Waals surface area contributed by atoms with Crippen LogP contribution in [0.25, 0.3) is 11.0 Å². The van der Waals surface area contributed by atoms with Crippen molar-refractivity contribution in [1.29, 1.82) is 0 Å². The summed E-state index contributed by atoms with van der Waals surface area (Å²) < 4.78 is 2.22. The van der Waals surface area contributed by atoms with Gasteiger partial charge in [-0.2, -0.15) is 0 Å². The zero-order valence-electron chi connectivity index (χ0n) is 15.0. The molecule has 1 aliphatic rings. The zero-order chi connectivity index (χ0) is 16.4. The van der Waals surface area contributed by atoms with E-state index in [9.17, 15) is 4.79 Å². The van der Waals surface area contributed by atoms with Gasteiger partial charge in [0.1, 0.15) is 5.82 Å². The van der Waals surface area contributed by atoms with Gasteiger partial charge in [0, 0.05) is 6.04 Å². The second kappa shape index (κ2) is 9.41. The predicted molar refractivity (Wildman–Crippen MR) is 107 cm³/mol. The molecule has 2 aromatic rings. The number of nitrogens with one attached hydrogen (secondary N) is 2. The highest BCUT2D eigenvalue weighted by Crippen LogP contribution is 2.25. The van der Waals surface area contributed by atoms with Crippen LogP contribution >= 0.6 is 24.8 Å². The number of nitrogens with zero attached hydrogens (tertiary/aromatic N) is 2. The Hall–Kier alpha value is -1.30. The van der Waals surface area contributed by atoms with E-state index in [0.717, 1.165) is 42.7 Å². The first-order valence-corrected chi connectivity index (χ1v) is 8.58. The smallest absolute Gasteiger partial charge is 0.237 e. The topological polar surface area (TPSA) is 59.0 Å². The van der Waals surface area contributed by atoms with Crippen LogP contribution in [0.2, 0.25) is 0 Å². The molecule has 1 aromatic carbocycles. The van der Waals surface area contributed by atoms with E-state index >= 15 is 0 Å². The fraction of sp³-hybridized carbons (Fsp3) is 0.556. The molecule has 25 heavy (non-hydrogen) atoms. The second-order valence-electron chi connectivity index (χ2n) is 6.66. The Kier molecular flexibility index (Phi) is 8.19. The van der Waals surface area contributed by atoms with Crippen LogP contribution in [-0.4, -0.2) is 28.0 Å². The van der Waals surface area contributed by atoms with Crippen LogP contribution in [0.3, 0.4) is 0 Å². The molecule has 1 unspecified atom stereocenters. The molecule has 1 amide bonds.